The van der Waals surface area contributed by atoms with Gasteiger partial charge in [-0.25, -0.2) is 4.39 Å². The van der Waals surface area contributed by atoms with E-state index in [0.717, 1.165) is 29.2 Å². The van der Waals surface area contributed by atoms with Gasteiger partial charge in [-0.05, 0) is 12.1 Å². The van der Waals surface area contributed by atoms with Crippen LogP contribution < -0.4 is 5.32 Å². The minimum Gasteiger partial charge on any atom is -0.506 e. The monoisotopic (exact) mass is 266 g/mol. The molecule has 0 atom stereocenters. The zero-order valence-electron chi connectivity index (χ0n) is 9.76. The van der Waals surface area contributed by atoms with Gasteiger partial charge in [-0.15, -0.1) is 0 Å². The van der Waals surface area contributed by atoms with Crippen LogP contribution in [-0.4, -0.2) is 40.1 Å². The Hall–Kier alpha value is -2.41. The number of hydrogen-bond acceptors (Lipinski definition) is 5. The fraction of sp³-hybridized carbons (Fsp3) is 0.167. The lowest BCUT2D eigenvalue weighted by molar-refractivity contribution is -0.137. The highest BCUT2D eigenvalue weighted by Crippen LogP contribution is 2.26. The van der Waals surface area contributed by atoms with Gasteiger partial charge >= 0.3 is 0 Å². The van der Waals surface area contributed by atoms with Crippen LogP contribution in [0.1, 0.15) is 0 Å². The molecule has 0 bridgehead atoms. The van der Waals surface area contributed by atoms with E-state index in [1.54, 1.807) is 0 Å². The van der Waals surface area contributed by atoms with Crippen molar-refractivity contribution < 1.29 is 24.2 Å². The Morgan fingerprint density at radius 1 is 1.32 bits per heavy atom. The molecular formula is C12H11FN2O4. The van der Waals surface area contributed by atoms with E-state index in [-0.39, 0.29) is 30.3 Å². The summed E-state index contributed by atoms with van der Waals surface area (Å²) in [5, 5.41) is 20.7. The Bertz CT molecular complexity index is 571. The van der Waals surface area contributed by atoms with Gasteiger partial charge in [-0.2, -0.15) is 0 Å². The molecule has 0 aromatic heterocycles. The number of β-amino-alcohol motifs (C(OH)–C–C–N with tert-alkyl or cyclic N) is 1. The molecule has 0 aliphatic carbocycles. The largest absolute Gasteiger partial charge is 0.506 e. The number of carbonyl (C=O) groups excluding carboxylic acids is 2. The Morgan fingerprint density at radius 3 is 2.74 bits per heavy atom. The number of hydrogen-bond donors (Lipinski definition) is 3. The molecule has 1 aromatic rings. The molecule has 0 saturated carbocycles. The summed E-state index contributed by atoms with van der Waals surface area (Å²) >= 11 is 0. The number of phenolic OH excluding ortho intramolecular Hbond substituents is 1. The Morgan fingerprint density at radius 2 is 2.05 bits per heavy atom. The second-order valence-electron chi connectivity index (χ2n) is 3.86. The zero-order valence-corrected chi connectivity index (χ0v) is 9.76. The molecule has 0 saturated heterocycles. The van der Waals surface area contributed by atoms with Gasteiger partial charge in [0, 0.05) is 12.1 Å². The van der Waals surface area contributed by atoms with Crippen LogP contribution in [0.2, 0.25) is 0 Å². The second-order valence-corrected chi connectivity index (χ2v) is 3.86. The first kappa shape index (κ1) is 13.0. The highest BCUT2D eigenvalue weighted by molar-refractivity contribution is 6.17. The van der Waals surface area contributed by atoms with Gasteiger partial charge in [0.05, 0.1) is 18.8 Å². The molecule has 1 heterocycles. The molecule has 1 aliphatic heterocycles. The fourth-order valence-corrected chi connectivity index (χ4v) is 1.66. The summed E-state index contributed by atoms with van der Waals surface area (Å²) in [6.45, 7) is -0.460. The lowest BCUT2D eigenvalue weighted by Crippen LogP contribution is -2.34. The predicted octanol–water partition coefficient (Wildman–Crippen LogP) is 0.188. The SMILES string of the molecule is O=C1C=C(Nc2cc(F)ccc2O)C(=O)N1CCO. The molecule has 0 spiro atoms. The number of imide groups is 1. The molecule has 7 heteroatoms. The molecule has 3 N–H and O–H groups in total. The minimum atomic E-state index is -0.636. The first-order valence-corrected chi connectivity index (χ1v) is 5.47. The van der Waals surface area contributed by atoms with Gasteiger partial charge in [-0.3, -0.25) is 14.5 Å². The molecule has 6 nitrogen and oxygen atoms in total. The van der Waals surface area contributed by atoms with Crippen LogP contribution in [0.4, 0.5) is 10.1 Å². The van der Waals surface area contributed by atoms with Gasteiger partial charge in [-0.1, -0.05) is 0 Å². The highest BCUT2D eigenvalue weighted by Gasteiger charge is 2.30. The molecule has 0 radical (unpaired) electrons. The number of benzene rings is 1. The first-order chi connectivity index (χ1) is 9.02. The lowest BCUT2D eigenvalue weighted by Gasteiger charge is -2.13. The lowest BCUT2D eigenvalue weighted by atomic mass is 10.2. The van der Waals surface area contributed by atoms with Crippen LogP contribution in [-0.2, 0) is 9.59 Å². The number of aliphatic hydroxyl groups excluding tert-OH is 1. The molecule has 1 aromatic carbocycles. The van der Waals surface area contributed by atoms with E-state index in [1.807, 2.05) is 0 Å². The average molecular weight is 266 g/mol. The molecule has 100 valence electrons. The van der Waals surface area contributed by atoms with E-state index in [1.165, 1.54) is 0 Å². The average Bonchev–Trinajstić information content (AvgIpc) is 2.62. The molecule has 0 fully saturated rings. The summed E-state index contributed by atoms with van der Waals surface area (Å²) in [5.41, 5.74) is -0.0994. The second kappa shape index (κ2) is 5.07. The van der Waals surface area contributed by atoms with Gasteiger partial charge in [0.15, 0.2) is 0 Å². The number of anilines is 1. The smallest absolute Gasteiger partial charge is 0.277 e. The Kier molecular flexibility index (Phi) is 3.48. The Balaban J connectivity index is 2.20. The number of amides is 2. The number of carbonyl (C=O) groups is 2. The van der Waals surface area contributed by atoms with Crippen molar-refractivity contribution in [1.29, 1.82) is 0 Å². The molecule has 19 heavy (non-hydrogen) atoms. The predicted molar refractivity (Wildman–Crippen MR) is 63.6 cm³/mol. The standard InChI is InChI=1S/C12H11FN2O4/c13-7-1-2-10(17)8(5-7)14-9-6-11(18)15(3-4-16)12(9)19/h1-2,5-6,14,16-17H,3-4H2. The van der Waals surface area contributed by atoms with Gasteiger partial charge in [0.25, 0.3) is 11.8 Å². The third-order valence-electron chi connectivity index (χ3n) is 2.56. The number of rotatable bonds is 4. The number of nitrogens with one attached hydrogen (secondary N) is 1. The summed E-state index contributed by atoms with van der Waals surface area (Å²) < 4.78 is 13.0. The zero-order chi connectivity index (χ0) is 14.0. The molecule has 1 aliphatic rings. The van der Waals surface area contributed by atoms with Crippen LogP contribution in [0.3, 0.4) is 0 Å². The van der Waals surface area contributed by atoms with E-state index >= 15 is 0 Å². The minimum absolute atomic E-state index is 0.0155. The van der Waals surface area contributed by atoms with Crippen molar-refractivity contribution in [2.75, 3.05) is 18.5 Å². The normalized spacial score (nSPS) is 14.8. The van der Waals surface area contributed by atoms with Crippen molar-refractivity contribution in [2.24, 2.45) is 0 Å². The summed E-state index contributed by atoms with van der Waals surface area (Å²) in [7, 11) is 0. The van der Waals surface area contributed by atoms with E-state index < -0.39 is 17.6 Å². The maximum Gasteiger partial charge on any atom is 0.277 e. The van der Waals surface area contributed by atoms with Crippen LogP contribution in [0, 0.1) is 5.82 Å². The van der Waals surface area contributed by atoms with Crippen molar-refractivity contribution in [3.8, 4) is 5.75 Å². The van der Waals surface area contributed by atoms with E-state index in [0.29, 0.717) is 0 Å². The highest BCUT2D eigenvalue weighted by atomic mass is 19.1. The van der Waals surface area contributed by atoms with Gasteiger partial charge < -0.3 is 15.5 Å². The first-order valence-electron chi connectivity index (χ1n) is 5.47. The Labute approximate surface area is 107 Å². The van der Waals surface area contributed by atoms with E-state index in [2.05, 4.69) is 5.32 Å². The van der Waals surface area contributed by atoms with Crippen LogP contribution in [0.15, 0.2) is 30.0 Å². The summed E-state index contributed by atoms with van der Waals surface area (Å²) in [6.07, 6.45) is 1.03. The van der Waals surface area contributed by atoms with Crippen molar-refractivity contribution in [3.63, 3.8) is 0 Å². The maximum atomic E-state index is 13.0. The van der Waals surface area contributed by atoms with Crippen LogP contribution in [0.5, 0.6) is 5.75 Å². The number of phenols is 1. The summed E-state index contributed by atoms with van der Waals surface area (Å²) in [6, 6.07) is 3.20. The molecule has 2 rings (SSSR count). The van der Waals surface area contributed by atoms with Crippen molar-refractivity contribution in [2.45, 2.75) is 0 Å². The fourth-order valence-electron chi connectivity index (χ4n) is 1.66. The number of aromatic hydroxyl groups is 1. The number of halogens is 1. The van der Waals surface area contributed by atoms with Crippen molar-refractivity contribution in [3.05, 3.63) is 35.8 Å². The molecule has 0 unspecified atom stereocenters. The molecular weight excluding hydrogens is 255 g/mol. The maximum absolute atomic E-state index is 13.0. The molecule has 2 amide bonds. The summed E-state index contributed by atoms with van der Waals surface area (Å²) in [4.78, 5) is 24.1. The van der Waals surface area contributed by atoms with E-state index in [4.69, 9.17) is 5.11 Å². The third-order valence-corrected chi connectivity index (χ3v) is 2.56. The third kappa shape index (κ3) is 2.55. The number of aliphatic hydroxyl groups is 1. The van der Waals surface area contributed by atoms with Crippen LogP contribution in [0.25, 0.3) is 0 Å². The quantitative estimate of drug-likeness (QED) is 0.534. The van der Waals surface area contributed by atoms with Gasteiger partial charge in [0.2, 0.25) is 0 Å². The van der Waals surface area contributed by atoms with Gasteiger partial charge in [0.1, 0.15) is 17.3 Å². The topological polar surface area (TPSA) is 89.9 Å². The van der Waals surface area contributed by atoms with Crippen molar-refractivity contribution >= 4 is 17.5 Å². The summed E-state index contributed by atoms with van der Waals surface area (Å²) in [5.74, 6) is -2.05. The van der Waals surface area contributed by atoms with E-state index in [9.17, 15) is 19.1 Å². The number of nitrogens with zero attached hydrogens (tertiary/aromatic N) is 1. The van der Waals surface area contributed by atoms with Crippen LogP contribution >= 0.6 is 0 Å². The van der Waals surface area contributed by atoms with Crippen molar-refractivity contribution in [1.82, 2.24) is 4.90 Å².